The van der Waals surface area contributed by atoms with Gasteiger partial charge in [-0.1, -0.05) is 13.8 Å². The minimum atomic E-state index is 0.832. The lowest BCUT2D eigenvalue weighted by Crippen LogP contribution is -2.20. The molecule has 0 amide bonds. The molecule has 4 heteroatoms. The largest absolute Gasteiger partial charge is 0.479 e. The highest BCUT2D eigenvalue weighted by atomic mass is 16.5. The smallest absolute Gasteiger partial charge is 0.197 e. The molecule has 3 rings (SSSR count). The molecule has 0 radical (unpaired) electrons. The van der Waals surface area contributed by atoms with Crippen LogP contribution in [0.15, 0.2) is 18.5 Å². The van der Waals surface area contributed by atoms with Crippen LogP contribution < -0.4 is 4.74 Å². The van der Waals surface area contributed by atoms with Gasteiger partial charge in [0.15, 0.2) is 5.88 Å². The number of pyridine rings is 1. The van der Waals surface area contributed by atoms with E-state index in [1.54, 1.807) is 0 Å². The monoisotopic (exact) mass is 275 g/mol. The molecule has 0 saturated carbocycles. The normalized spacial score (nSPS) is 13.7. The first-order chi connectivity index (χ1) is 9.77. The molecule has 0 aliphatic carbocycles. The summed E-state index contributed by atoms with van der Waals surface area (Å²) in [6.45, 7) is 6.81. The summed E-state index contributed by atoms with van der Waals surface area (Å²) >= 11 is 0. The SMILES string of the molecule is CC.CN(C)CCn1c2c(c3cnccc31)CCCO2. The van der Waals surface area contributed by atoms with Gasteiger partial charge in [0.1, 0.15) is 0 Å². The van der Waals surface area contributed by atoms with E-state index in [0.717, 1.165) is 38.4 Å². The van der Waals surface area contributed by atoms with Gasteiger partial charge in [0.2, 0.25) is 0 Å². The van der Waals surface area contributed by atoms with Crippen LogP contribution in [-0.2, 0) is 13.0 Å². The fourth-order valence-electron chi connectivity index (χ4n) is 2.59. The molecule has 1 aliphatic heterocycles. The van der Waals surface area contributed by atoms with E-state index < -0.39 is 0 Å². The number of aromatic nitrogens is 2. The van der Waals surface area contributed by atoms with Crippen LogP contribution in [-0.4, -0.2) is 41.7 Å². The number of rotatable bonds is 3. The zero-order valence-corrected chi connectivity index (χ0v) is 13.0. The second-order valence-electron chi connectivity index (χ2n) is 5.08. The summed E-state index contributed by atoms with van der Waals surface area (Å²) in [6.07, 6.45) is 6.04. The van der Waals surface area contributed by atoms with Crippen LogP contribution in [0.5, 0.6) is 5.88 Å². The van der Waals surface area contributed by atoms with Crippen molar-refractivity contribution in [3.63, 3.8) is 0 Å². The van der Waals surface area contributed by atoms with Crippen molar-refractivity contribution in [2.45, 2.75) is 33.2 Å². The van der Waals surface area contributed by atoms with Crippen LogP contribution >= 0.6 is 0 Å². The number of aryl methyl sites for hydroxylation is 1. The Labute approximate surface area is 121 Å². The lowest BCUT2D eigenvalue weighted by Gasteiger charge is -2.18. The number of ether oxygens (including phenoxy) is 1. The minimum Gasteiger partial charge on any atom is -0.479 e. The Morgan fingerprint density at radius 1 is 1.35 bits per heavy atom. The zero-order chi connectivity index (χ0) is 14.5. The van der Waals surface area contributed by atoms with Gasteiger partial charge in [-0.05, 0) is 33.0 Å². The van der Waals surface area contributed by atoms with Crippen LogP contribution in [0.25, 0.3) is 10.9 Å². The minimum absolute atomic E-state index is 0.832. The number of nitrogens with zero attached hydrogens (tertiary/aromatic N) is 3. The van der Waals surface area contributed by atoms with Crippen molar-refractivity contribution >= 4 is 10.9 Å². The van der Waals surface area contributed by atoms with Crippen molar-refractivity contribution in [2.24, 2.45) is 0 Å². The molecule has 0 bridgehead atoms. The third-order valence-corrected chi connectivity index (χ3v) is 3.50. The molecule has 110 valence electrons. The van der Waals surface area contributed by atoms with Crippen molar-refractivity contribution in [2.75, 3.05) is 27.2 Å². The summed E-state index contributed by atoms with van der Waals surface area (Å²) in [5, 5.41) is 1.26. The zero-order valence-electron chi connectivity index (χ0n) is 13.0. The molecular formula is C16H25N3O. The van der Waals surface area contributed by atoms with E-state index >= 15 is 0 Å². The topological polar surface area (TPSA) is 30.3 Å². The third kappa shape index (κ3) is 2.80. The maximum Gasteiger partial charge on any atom is 0.197 e. The van der Waals surface area contributed by atoms with Crippen LogP contribution in [0.1, 0.15) is 25.8 Å². The quantitative estimate of drug-likeness (QED) is 0.862. The second kappa shape index (κ2) is 6.75. The lowest BCUT2D eigenvalue weighted by atomic mass is 10.1. The van der Waals surface area contributed by atoms with Crippen LogP contribution in [0.4, 0.5) is 0 Å². The van der Waals surface area contributed by atoms with Crippen LogP contribution in [0.2, 0.25) is 0 Å². The second-order valence-corrected chi connectivity index (χ2v) is 5.08. The molecule has 0 fully saturated rings. The Morgan fingerprint density at radius 2 is 2.15 bits per heavy atom. The molecule has 2 aromatic heterocycles. The van der Waals surface area contributed by atoms with E-state index in [1.165, 1.54) is 16.5 Å². The number of likely N-dealkylation sites (N-methyl/N-ethyl adjacent to an activating group) is 1. The number of hydrogen-bond donors (Lipinski definition) is 0. The molecule has 4 nitrogen and oxygen atoms in total. The van der Waals surface area contributed by atoms with Gasteiger partial charge in [-0.2, -0.15) is 0 Å². The fraction of sp³-hybridized carbons (Fsp3) is 0.562. The van der Waals surface area contributed by atoms with Crippen molar-refractivity contribution in [3.05, 3.63) is 24.0 Å². The molecule has 2 aromatic rings. The Hall–Kier alpha value is -1.55. The molecule has 3 heterocycles. The summed E-state index contributed by atoms with van der Waals surface area (Å²) in [4.78, 5) is 6.45. The average molecular weight is 275 g/mol. The average Bonchev–Trinajstić information content (AvgIpc) is 2.81. The van der Waals surface area contributed by atoms with Crippen molar-refractivity contribution < 1.29 is 4.74 Å². The molecule has 0 unspecified atom stereocenters. The Bertz CT molecular complexity index is 560. The predicted molar refractivity (Wildman–Crippen MR) is 83.5 cm³/mol. The highest BCUT2D eigenvalue weighted by molar-refractivity contribution is 5.86. The summed E-state index contributed by atoms with van der Waals surface area (Å²) in [5.74, 6) is 1.06. The van der Waals surface area contributed by atoms with Gasteiger partial charge in [0.05, 0.1) is 12.1 Å². The summed E-state index contributed by atoms with van der Waals surface area (Å²) in [7, 11) is 4.20. The van der Waals surface area contributed by atoms with Crippen molar-refractivity contribution in [3.8, 4) is 5.88 Å². The van der Waals surface area contributed by atoms with Crippen LogP contribution in [0, 0.1) is 0 Å². The molecular weight excluding hydrogens is 250 g/mol. The van der Waals surface area contributed by atoms with E-state index in [9.17, 15) is 0 Å². The number of hydrogen-bond acceptors (Lipinski definition) is 3. The molecule has 0 atom stereocenters. The van der Waals surface area contributed by atoms with E-state index in [2.05, 4.69) is 34.6 Å². The first kappa shape index (κ1) is 14.9. The highest BCUT2D eigenvalue weighted by Crippen LogP contribution is 2.35. The van der Waals surface area contributed by atoms with Crippen molar-refractivity contribution in [1.29, 1.82) is 0 Å². The van der Waals surface area contributed by atoms with Crippen molar-refractivity contribution in [1.82, 2.24) is 14.5 Å². The maximum absolute atomic E-state index is 5.89. The molecule has 0 saturated heterocycles. The molecule has 1 aliphatic rings. The van der Waals surface area contributed by atoms with E-state index in [1.807, 2.05) is 26.2 Å². The first-order valence-electron chi connectivity index (χ1n) is 7.50. The highest BCUT2D eigenvalue weighted by Gasteiger charge is 2.21. The van der Waals surface area contributed by atoms with Gasteiger partial charge in [0, 0.05) is 36.4 Å². The predicted octanol–water partition coefficient (Wildman–Crippen LogP) is 2.95. The van der Waals surface area contributed by atoms with Gasteiger partial charge in [-0.15, -0.1) is 0 Å². The van der Waals surface area contributed by atoms with E-state index in [4.69, 9.17) is 4.74 Å². The van der Waals surface area contributed by atoms with E-state index in [-0.39, 0.29) is 0 Å². The first-order valence-corrected chi connectivity index (χ1v) is 7.50. The van der Waals surface area contributed by atoms with E-state index in [0.29, 0.717) is 0 Å². The Balaban J connectivity index is 0.000000704. The molecule has 0 aromatic carbocycles. The third-order valence-electron chi connectivity index (χ3n) is 3.50. The molecule has 20 heavy (non-hydrogen) atoms. The lowest BCUT2D eigenvalue weighted by molar-refractivity contribution is 0.260. The van der Waals surface area contributed by atoms with Crippen LogP contribution in [0.3, 0.4) is 0 Å². The maximum atomic E-state index is 5.89. The summed E-state index contributed by atoms with van der Waals surface area (Å²) < 4.78 is 8.19. The summed E-state index contributed by atoms with van der Waals surface area (Å²) in [5.41, 5.74) is 2.59. The molecule has 0 N–H and O–H groups in total. The van der Waals surface area contributed by atoms with Gasteiger partial charge < -0.3 is 14.2 Å². The Morgan fingerprint density at radius 3 is 2.90 bits per heavy atom. The van der Waals surface area contributed by atoms with Gasteiger partial charge >= 0.3 is 0 Å². The fourth-order valence-corrected chi connectivity index (χ4v) is 2.59. The molecule has 0 spiro atoms. The standard InChI is InChI=1S/C14H19N3O.C2H6/c1-16(2)7-8-17-13-5-6-15-10-12(13)11-4-3-9-18-14(11)17;1-2/h5-6,10H,3-4,7-9H2,1-2H3;1-2H3. The number of fused-ring (bicyclic) bond motifs is 3. The Kier molecular flexibility index (Phi) is 5.01. The van der Waals surface area contributed by atoms with Gasteiger partial charge in [0.25, 0.3) is 0 Å². The summed E-state index contributed by atoms with van der Waals surface area (Å²) in [6, 6.07) is 2.09. The van der Waals surface area contributed by atoms with Gasteiger partial charge in [-0.25, -0.2) is 0 Å². The van der Waals surface area contributed by atoms with Gasteiger partial charge in [-0.3, -0.25) is 4.98 Å².